The third kappa shape index (κ3) is 2.82. The first-order chi connectivity index (χ1) is 8.28. The topological polar surface area (TPSA) is 68.9 Å². The van der Waals surface area contributed by atoms with Gasteiger partial charge < -0.3 is 10.4 Å². The third-order valence-electron chi connectivity index (χ3n) is 3.47. The summed E-state index contributed by atoms with van der Waals surface area (Å²) in [6.07, 6.45) is 6.05. The fourth-order valence-corrected chi connectivity index (χ4v) is 2.38. The molecule has 0 radical (unpaired) electrons. The smallest absolute Gasteiger partial charge is 0.140 e. The van der Waals surface area contributed by atoms with Crippen LogP contribution in [-0.2, 0) is 6.54 Å². The van der Waals surface area contributed by atoms with Gasteiger partial charge in [0.05, 0.1) is 6.61 Å². The summed E-state index contributed by atoms with van der Waals surface area (Å²) in [7, 11) is 0. The molecule has 2 rings (SSSR count). The Morgan fingerprint density at radius 1 is 1.47 bits per heavy atom. The van der Waals surface area contributed by atoms with Gasteiger partial charge in [-0.25, -0.2) is 4.98 Å². The Hall–Kier alpha value is -1.44. The molecule has 0 amide bonds. The number of hydrogen-bond donors (Lipinski definition) is 2. The van der Waals surface area contributed by atoms with Gasteiger partial charge in [0.2, 0.25) is 0 Å². The van der Waals surface area contributed by atoms with E-state index in [1.807, 2.05) is 12.1 Å². The van der Waals surface area contributed by atoms with Crippen LogP contribution in [0.4, 0.5) is 0 Å². The van der Waals surface area contributed by atoms with Gasteiger partial charge in [0.25, 0.3) is 0 Å². The van der Waals surface area contributed by atoms with Crippen LogP contribution in [0.25, 0.3) is 0 Å². The van der Waals surface area contributed by atoms with Crippen LogP contribution < -0.4 is 5.32 Å². The lowest BCUT2D eigenvalue weighted by molar-refractivity contribution is 0.163. The van der Waals surface area contributed by atoms with Crippen molar-refractivity contribution >= 4 is 0 Å². The SMILES string of the molecule is N#Cc1cc(CNC2(CO)CCCC2)ccn1. The van der Waals surface area contributed by atoms with Gasteiger partial charge in [-0.05, 0) is 30.5 Å². The van der Waals surface area contributed by atoms with E-state index in [2.05, 4.69) is 10.3 Å². The highest BCUT2D eigenvalue weighted by molar-refractivity contribution is 5.25. The van der Waals surface area contributed by atoms with Gasteiger partial charge in [0.1, 0.15) is 11.8 Å². The molecule has 0 bridgehead atoms. The molecule has 1 heterocycles. The predicted molar refractivity (Wildman–Crippen MR) is 64.1 cm³/mol. The zero-order valence-electron chi connectivity index (χ0n) is 9.82. The molecule has 0 aliphatic heterocycles. The summed E-state index contributed by atoms with van der Waals surface area (Å²) in [4.78, 5) is 3.94. The van der Waals surface area contributed by atoms with E-state index in [9.17, 15) is 5.11 Å². The predicted octanol–water partition coefficient (Wildman–Crippen LogP) is 1.35. The second-order valence-electron chi connectivity index (χ2n) is 4.66. The van der Waals surface area contributed by atoms with Crippen LogP contribution in [0.3, 0.4) is 0 Å². The van der Waals surface area contributed by atoms with Crippen molar-refractivity contribution in [2.75, 3.05) is 6.61 Å². The Balaban J connectivity index is 1.99. The molecule has 1 aliphatic carbocycles. The van der Waals surface area contributed by atoms with E-state index < -0.39 is 0 Å². The summed E-state index contributed by atoms with van der Waals surface area (Å²) in [6.45, 7) is 0.862. The van der Waals surface area contributed by atoms with Crippen molar-refractivity contribution in [1.29, 1.82) is 5.26 Å². The number of aliphatic hydroxyl groups is 1. The molecule has 1 saturated carbocycles. The van der Waals surface area contributed by atoms with Gasteiger partial charge in [-0.3, -0.25) is 0 Å². The zero-order valence-corrected chi connectivity index (χ0v) is 9.82. The van der Waals surface area contributed by atoms with Crippen LogP contribution in [0, 0.1) is 11.3 Å². The molecule has 90 valence electrons. The molecule has 0 unspecified atom stereocenters. The van der Waals surface area contributed by atoms with Gasteiger partial charge in [0, 0.05) is 18.3 Å². The van der Waals surface area contributed by atoms with E-state index in [0.717, 1.165) is 18.4 Å². The first-order valence-electron chi connectivity index (χ1n) is 5.99. The largest absolute Gasteiger partial charge is 0.394 e. The van der Waals surface area contributed by atoms with E-state index in [4.69, 9.17) is 5.26 Å². The normalized spacial score (nSPS) is 17.9. The summed E-state index contributed by atoms with van der Waals surface area (Å²) in [5.74, 6) is 0. The number of nitrogens with one attached hydrogen (secondary N) is 1. The number of rotatable bonds is 4. The molecule has 1 fully saturated rings. The molecule has 0 spiro atoms. The lowest BCUT2D eigenvalue weighted by Gasteiger charge is -2.28. The number of aromatic nitrogens is 1. The molecule has 1 aliphatic rings. The maximum Gasteiger partial charge on any atom is 0.140 e. The fraction of sp³-hybridized carbons (Fsp3) is 0.538. The van der Waals surface area contributed by atoms with Crippen LogP contribution in [0.2, 0.25) is 0 Å². The van der Waals surface area contributed by atoms with Crippen molar-refractivity contribution in [3.8, 4) is 6.07 Å². The van der Waals surface area contributed by atoms with Crippen LogP contribution in [0.5, 0.6) is 0 Å². The lowest BCUT2D eigenvalue weighted by Crippen LogP contribution is -2.45. The van der Waals surface area contributed by atoms with Crippen molar-refractivity contribution in [3.05, 3.63) is 29.6 Å². The standard InChI is InChI=1S/C13H17N3O/c14-8-12-7-11(3-6-15-12)9-16-13(10-17)4-1-2-5-13/h3,6-7,16-17H,1-2,4-5,9-10H2. The summed E-state index contributed by atoms with van der Waals surface area (Å²) in [5.41, 5.74) is 1.36. The Morgan fingerprint density at radius 2 is 2.24 bits per heavy atom. The van der Waals surface area contributed by atoms with Gasteiger partial charge in [-0.1, -0.05) is 12.8 Å². The minimum atomic E-state index is -0.115. The molecular weight excluding hydrogens is 214 g/mol. The Morgan fingerprint density at radius 3 is 2.88 bits per heavy atom. The summed E-state index contributed by atoms with van der Waals surface area (Å²) in [5, 5.41) is 21.7. The second-order valence-corrected chi connectivity index (χ2v) is 4.66. The van der Waals surface area contributed by atoms with Crippen LogP contribution in [0.15, 0.2) is 18.3 Å². The molecule has 1 aromatic rings. The highest BCUT2D eigenvalue weighted by Crippen LogP contribution is 2.29. The first-order valence-corrected chi connectivity index (χ1v) is 5.99. The highest BCUT2D eigenvalue weighted by Gasteiger charge is 2.32. The van der Waals surface area contributed by atoms with E-state index in [-0.39, 0.29) is 12.1 Å². The van der Waals surface area contributed by atoms with Crippen molar-refractivity contribution in [2.24, 2.45) is 0 Å². The van der Waals surface area contributed by atoms with Crippen LogP contribution >= 0.6 is 0 Å². The Bertz CT molecular complexity index is 419. The molecular formula is C13H17N3O. The quantitative estimate of drug-likeness (QED) is 0.820. The molecule has 4 nitrogen and oxygen atoms in total. The molecule has 4 heteroatoms. The summed E-state index contributed by atoms with van der Waals surface area (Å²) in [6, 6.07) is 5.71. The van der Waals surface area contributed by atoms with Crippen molar-refractivity contribution in [3.63, 3.8) is 0 Å². The number of hydrogen-bond acceptors (Lipinski definition) is 4. The van der Waals surface area contributed by atoms with E-state index in [1.54, 1.807) is 12.3 Å². The molecule has 17 heavy (non-hydrogen) atoms. The molecule has 0 atom stereocenters. The highest BCUT2D eigenvalue weighted by atomic mass is 16.3. The molecule has 0 aromatic carbocycles. The monoisotopic (exact) mass is 231 g/mol. The number of nitriles is 1. The van der Waals surface area contributed by atoms with E-state index in [1.165, 1.54) is 12.8 Å². The molecule has 1 aromatic heterocycles. The summed E-state index contributed by atoms with van der Waals surface area (Å²) >= 11 is 0. The average molecular weight is 231 g/mol. The fourth-order valence-electron chi connectivity index (χ4n) is 2.38. The second kappa shape index (κ2) is 5.26. The molecule has 2 N–H and O–H groups in total. The van der Waals surface area contributed by atoms with Crippen molar-refractivity contribution in [1.82, 2.24) is 10.3 Å². The zero-order chi connectivity index (χ0) is 12.1. The lowest BCUT2D eigenvalue weighted by atomic mass is 9.98. The van der Waals surface area contributed by atoms with Crippen molar-refractivity contribution < 1.29 is 5.11 Å². The number of nitrogens with zero attached hydrogens (tertiary/aromatic N) is 2. The van der Waals surface area contributed by atoms with E-state index >= 15 is 0 Å². The van der Waals surface area contributed by atoms with Gasteiger partial charge in [-0.2, -0.15) is 5.26 Å². The maximum absolute atomic E-state index is 9.47. The van der Waals surface area contributed by atoms with Crippen molar-refractivity contribution in [2.45, 2.75) is 37.8 Å². The maximum atomic E-state index is 9.47. The first kappa shape index (κ1) is 12.0. The number of pyridine rings is 1. The van der Waals surface area contributed by atoms with Gasteiger partial charge in [-0.15, -0.1) is 0 Å². The van der Waals surface area contributed by atoms with Gasteiger partial charge >= 0.3 is 0 Å². The summed E-state index contributed by atoms with van der Waals surface area (Å²) < 4.78 is 0. The van der Waals surface area contributed by atoms with E-state index in [0.29, 0.717) is 12.2 Å². The Kier molecular flexibility index (Phi) is 3.72. The van der Waals surface area contributed by atoms with Gasteiger partial charge in [0.15, 0.2) is 0 Å². The number of aliphatic hydroxyl groups excluding tert-OH is 1. The Labute approximate surface area is 101 Å². The molecule has 0 saturated heterocycles. The van der Waals surface area contributed by atoms with Crippen LogP contribution in [0.1, 0.15) is 36.9 Å². The minimum absolute atomic E-state index is 0.115. The minimum Gasteiger partial charge on any atom is -0.394 e. The third-order valence-corrected chi connectivity index (χ3v) is 3.47. The average Bonchev–Trinajstić information content (AvgIpc) is 2.86. The van der Waals surface area contributed by atoms with Crippen LogP contribution in [-0.4, -0.2) is 22.2 Å².